The third kappa shape index (κ3) is 3.24. The second-order valence-electron chi connectivity index (χ2n) is 3.99. The van der Waals surface area contributed by atoms with Gasteiger partial charge in [-0.1, -0.05) is 36.4 Å². The van der Waals surface area contributed by atoms with Crippen molar-refractivity contribution < 1.29 is 9.53 Å². The van der Waals surface area contributed by atoms with Gasteiger partial charge in [0.25, 0.3) is 0 Å². The second kappa shape index (κ2) is 4.78. The number of carbonyl (C=O) groups excluding carboxylic acids is 1. The first-order chi connectivity index (χ1) is 7.06. The molecule has 0 aliphatic carbocycles. The largest absolute Gasteiger partial charge is 0.460 e. The number of benzene rings is 1. The van der Waals surface area contributed by atoms with Crippen LogP contribution in [0.25, 0.3) is 0 Å². The number of carbonyl (C=O) groups is 1. The Kier molecular flexibility index (Phi) is 3.67. The topological polar surface area (TPSA) is 26.3 Å². The predicted molar refractivity (Wildman–Crippen MR) is 60.2 cm³/mol. The molecule has 2 nitrogen and oxygen atoms in total. The summed E-state index contributed by atoms with van der Waals surface area (Å²) in [7, 11) is 0. The Balaban J connectivity index is 2.52. The van der Waals surface area contributed by atoms with Gasteiger partial charge in [-0.15, -0.1) is 6.58 Å². The molecule has 0 fully saturated rings. The predicted octanol–water partition coefficient (Wildman–Crippen LogP) is 2.94. The van der Waals surface area contributed by atoms with E-state index in [9.17, 15) is 4.79 Å². The summed E-state index contributed by atoms with van der Waals surface area (Å²) in [5.74, 6) is -0.249. The summed E-state index contributed by atoms with van der Waals surface area (Å²) < 4.78 is 5.17. The van der Waals surface area contributed by atoms with E-state index in [1.807, 2.05) is 30.3 Å². The van der Waals surface area contributed by atoms with Crippen molar-refractivity contribution in [2.24, 2.45) is 5.41 Å². The van der Waals surface area contributed by atoms with E-state index in [2.05, 4.69) is 6.58 Å². The fourth-order valence-electron chi connectivity index (χ4n) is 0.992. The van der Waals surface area contributed by atoms with Crippen LogP contribution in [0.4, 0.5) is 0 Å². The highest BCUT2D eigenvalue weighted by Gasteiger charge is 2.25. The Labute approximate surface area is 90.6 Å². The molecule has 1 aromatic carbocycles. The third-order valence-corrected chi connectivity index (χ3v) is 2.25. The quantitative estimate of drug-likeness (QED) is 0.556. The maximum absolute atomic E-state index is 11.6. The van der Waals surface area contributed by atoms with Crippen molar-refractivity contribution >= 4 is 5.97 Å². The molecular weight excluding hydrogens is 188 g/mol. The van der Waals surface area contributed by atoms with Gasteiger partial charge in [0.05, 0.1) is 5.41 Å². The molecule has 15 heavy (non-hydrogen) atoms. The van der Waals surface area contributed by atoms with Gasteiger partial charge in [0, 0.05) is 0 Å². The van der Waals surface area contributed by atoms with Gasteiger partial charge in [0.2, 0.25) is 0 Å². The van der Waals surface area contributed by atoms with Crippen LogP contribution in [-0.4, -0.2) is 5.97 Å². The molecule has 0 aromatic heterocycles. The molecule has 0 unspecified atom stereocenters. The molecule has 0 saturated carbocycles. The maximum Gasteiger partial charge on any atom is 0.315 e. The second-order valence-corrected chi connectivity index (χ2v) is 3.99. The standard InChI is InChI=1S/C13H16O2/c1-4-13(2,3)12(14)15-10-11-8-6-5-7-9-11/h4-9H,1,10H2,2-3H3. The molecule has 0 heterocycles. The van der Waals surface area contributed by atoms with Crippen LogP contribution in [0.3, 0.4) is 0 Å². The molecule has 0 radical (unpaired) electrons. The van der Waals surface area contributed by atoms with Crippen molar-refractivity contribution in [3.05, 3.63) is 48.6 Å². The zero-order valence-corrected chi connectivity index (χ0v) is 9.19. The van der Waals surface area contributed by atoms with E-state index >= 15 is 0 Å². The van der Waals surface area contributed by atoms with E-state index in [0.717, 1.165) is 5.56 Å². The van der Waals surface area contributed by atoms with E-state index in [1.165, 1.54) is 0 Å². The molecule has 0 spiro atoms. The van der Waals surface area contributed by atoms with Crippen LogP contribution in [0.5, 0.6) is 0 Å². The summed E-state index contributed by atoms with van der Waals surface area (Å²) in [6.45, 7) is 7.49. The average molecular weight is 204 g/mol. The van der Waals surface area contributed by atoms with Crippen molar-refractivity contribution in [2.45, 2.75) is 20.5 Å². The average Bonchev–Trinajstić information content (AvgIpc) is 2.27. The maximum atomic E-state index is 11.6. The molecule has 0 N–H and O–H groups in total. The van der Waals surface area contributed by atoms with Crippen LogP contribution in [0, 0.1) is 5.41 Å². The first-order valence-electron chi connectivity index (χ1n) is 4.91. The van der Waals surface area contributed by atoms with E-state index in [-0.39, 0.29) is 5.97 Å². The molecule has 2 heteroatoms. The number of hydrogen-bond donors (Lipinski definition) is 0. The number of rotatable bonds is 4. The molecular formula is C13H16O2. The van der Waals surface area contributed by atoms with Gasteiger partial charge in [-0.2, -0.15) is 0 Å². The monoisotopic (exact) mass is 204 g/mol. The normalized spacial score (nSPS) is 10.8. The zero-order valence-electron chi connectivity index (χ0n) is 9.19. The van der Waals surface area contributed by atoms with Crippen LogP contribution >= 0.6 is 0 Å². The van der Waals surface area contributed by atoms with Crippen molar-refractivity contribution in [2.75, 3.05) is 0 Å². The molecule has 0 amide bonds. The Bertz CT molecular complexity index is 339. The smallest absolute Gasteiger partial charge is 0.315 e. The lowest BCUT2D eigenvalue weighted by atomic mass is 9.94. The highest BCUT2D eigenvalue weighted by molar-refractivity contribution is 5.77. The minimum Gasteiger partial charge on any atom is -0.460 e. The van der Waals surface area contributed by atoms with E-state index in [1.54, 1.807) is 19.9 Å². The lowest BCUT2D eigenvalue weighted by Gasteiger charge is -2.17. The van der Waals surface area contributed by atoms with Gasteiger partial charge in [0.15, 0.2) is 0 Å². The van der Waals surface area contributed by atoms with E-state index < -0.39 is 5.41 Å². The number of hydrogen-bond acceptors (Lipinski definition) is 2. The fourth-order valence-corrected chi connectivity index (χ4v) is 0.992. The molecule has 0 atom stereocenters. The Morgan fingerprint density at radius 3 is 2.53 bits per heavy atom. The molecule has 1 aromatic rings. The SMILES string of the molecule is C=CC(C)(C)C(=O)OCc1ccccc1. The summed E-state index contributed by atoms with van der Waals surface area (Å²) in [6, 6.07) is 9.62. The van der Waals surface area contributed by atoms with Crippen LogP contribution in [-0.2, 0) is 16.1 Å². The van der Waals surface area contributed by atoms with Crippen molar-refractivity contribution in [3.63, 3.8) is 0 Å². The minimum absolute atomic E-state index is 0.249. The Hall–Kier alpha value is -1.57. The van der Waals surface area contributed by atoms with Gasteiger partial charge in [-0.05, 0) is 19.4 Å². The lowest BCUT2D eigenvalue weighted by Crippen LogP contribution is -2.23. The van der Waals surface area contributed by atoms with Crippen LogP contribution in [0.1, 0.15) is 19.4 Å². The molecule has 1 rings (SSSR count). The Morgan fingerprint density at radius 1 is 1.40 bits per heavy atom. The summed E-state index contributed by atoms with van der Waals surface area (Å²) in [4.78, 5) is 11.6. The van der Waals surface area contributed by atoms with Gasteiger partial charge in [-0.3, -0.25) is 4.79 Å². The highest BCUT2D eigenvalue weighted by Crippen LogP contribution is 2.18. The molecule has 0 saturated heterocycles. The van der Waals surface area contributed by atoms with Crippen molar-refractivity contribution in [1.82, 2.24) is 0 Å². The van der Waals surface area contributed by atoms with E-state index in [4.69, 9.17) is 4.74 Å². The van der Waals surface area contributed by atoms with Gasteiger partial charge in [0.1, 0.15) is 6.61 Å². The summed E-state index contributed by atoms with van der Waals surface area (Å²) >= 11 is 0. The van der Waals surface area contributed by atoms with Crippen LogP contribution in [0.2, 0.25) is 0 Å². The lowest BCUT2D eigenvalue weighted by molar-refractivity contribution is -0.152. The highest BCUT2D eigenvalue weighted by atomic mass is 16.5. The van der Waals surface area contributed by atoms with Crippen molar-refractivity contribution in [3.8, 4) is 0 Å². The molecule has 0 aliphatic rings. The van der Waals surface area contributed by atoms with Crippen LogP contribution < -0.4 is 0 Å². The van der Waals surface area contributed by atoms with Crippen LogP contribution in [0.15, 0.2) is 43.0 Å². The minimum atomic E-state index is -0.616. The summed E-state index contributed by atoms with van der Waals surface area (Å²) in [5, 5.41) is 0. The molecule has 80 valence electrons. The first-order valence-corrected chi connectivity index (χ1v) is 4.91. The third-order valence-electron chi connectivity index (χ3n) is 2.25. The summed E-state index contributed by atoms with van der Waals surface area (Å²) in [6.07, 6.45) is 1.60. The molecule has 0 bridgehead atoms. The van der Waals surface area contributed by atoms with Gasteiger partial charge < -0.3 is 4.74 Å². The van der Waals surface area contributed by atoms with Gasteiger partial charge >= 0.3 is 5.97 Å². The number of esters is 1. The zero-order chi connectivity index (χ0) is 11.3. The summed E-state index contributed by atoms with van der Waals surface area (Å²) in [5.41, 5.74) is 0.375. The van der Waals surface area contributed by atoms with Crippen molar-refractivity contribution in [1.29, 1.82) is 0 Å². The van der Waals surface area contributed by atoms with Gasteiger partial charge in [-0.25, -0.2) is 0 Å². The first kappa shape index (κ1) is 11.5. The fraction of sp³-hybridized carbons (Fsp3) is 0.308. The van der Waals surface area contributed by atoms with E-state index in [0.29, 0.717) is 6.61 Å². The molecule has 0 aliphatic heterocycles. The number of ether oxygens (including phenoxy) is 1. The Morgan fingerprint density at radius 2 is 2.00 bits per heavy atom.